The second kappa shape index (κ2) is 5.25. The predicted octanol–water partition coefficient (Wildman–Crippen LogP) is 3.64. The molecule has 0 amide bonds. The molecule has 2 rings (SSSR count). The van der Waals surface area contributed by atoms with E-state index in [9.17, 15) is 0 Å². The molecule has 0 aromatic carbocycles. The van der Waals surface area contributed by atoms with Crippen LogP contribution in [0.25, 0.3) is 11.4 Å². The minimum absolute atomic E-state index is 0.0251. The number of pyridine rings is 1. The number of nitrogens with zero attached hydrogens (tertiary/aromatic N) is 3. The van der Waals surface area contributed by atoms with Gasteiger partial charge in [-0.2, -0.15) is 0 Å². The van der Waals surface area contributed by atoms with Gasteiger partial charge in [0.25, 0.3) is 0 Å². The summed E-state index contributed by atoms with van der Waals surface area (Å²) in [4.78, 5) is 13.3. The fourth-order valence-corrected chi connectivity index (χ4v) is 1.99. The summed E-state index contributed by atoms with van der Waals surface area (Å²) in [6, 6.07) is 3.95. The van der Waals surface area contributed by atoms with E-state index >= 15 is 0 Å². The van der Waals surface area contributed by atoms with Crippen LogP contribution in [0.4, 0.5) is 5.82 Å². The molecule has 2 heterocycles. The van der Waals surface area contributed by atoms with Gasteiger partial charge < -0.3 is 5.32 Å². The first-order valence-corrected chi connectivity index (χ1v) is 6.87. The van der Waals surface area contributed by atoms with Crippen LogP contribution in [0.5, 0.6) is 0 Å². The summed E-state index contributed by atoms with van der Waals surface area (Å²) >= 11 is 3.42. The zero-order valence-corrected chi connectivity index (χ0v) is 13.1. The molecule has 0 fully saturated rings. The van der Waals surface area contributed by atoms with E-state index in [0.717, 1.165) is 21.5 Å². The predicted molar refractivity (Wildman–Crippen MR) is 81.2 cm³/mol. The number of anilines is 1. The van der Waals surface area contributed by atoms with Crippen molar-refractivity contribution in [3.63, 3.8) is 0 Å². The van der Waals surface area contributed by atoms with Gasteiger partial charge in [-0.3, -0.25) is 4.98 Å². The van der Waals surface area contributed by atoms with Crippen LogP contribution in [0.2, 0.25) is 0 Å². The van der Waals surface area contributed by atoms with Crippen LogP contribution < -0.4 is 5.32 Å². The maximum atomic E-state index is 4.65. The van der Waals surface area contributed by atoms with Gasteiger partial charge in [0.2, 0.25) is 0 Å². The maximum Gasteiger partial charge on any atom is 0.163 e. The molecule has 0 saturated carbocycles. The average molecular weight is 321 g/mol. The Hall–Kier alpha value is -1.49. The normalized spacial score (nSPS) is 11.4. The summed E-state index contributed by atoms with van der Waals surface area (Å²) in [6.07, 6.45) is 3.52. The van der Waals surface area contributed by atoms with Gasteiger partial charge in [-0.25, -0.2) is 9.97 Å². The Bertz CT molecular complexity index is 590. The molecule has 0 aliphatic heterocycles. The van der Waals surface area contributed by atoms with Gasteiger partial charge in [0.05, 0.1) is 5.69 Å². The fourth-order valence-electron chi connectivity index (χ4n) is 1.62. The lowest BCUT2D eigenvalue weighted by atomic mass is 9.92. The Morgan fingerprint density at radius 1 is 1.11 bits per heavy atom. The third-order valence-electron chi connectivity index (χ3n) is 2.71. The first-order valence-electron chi connectivity index (χ1n) is 6.08. The molecule has 2 aromatic heterocycles. The topological polar surface area (TPSA) is 50.7 Å². The number of hydrogen-bond donors (Lipinski definition) is 1. The van der Waals surface area contributed by atoms with Crippen molar-refractivity contribution >= 4 is 21.7 Å². The van der Waals surface area contributed by atoms with Crippen LogP contribution in [0.3, 0.4) is 0 Å². The van der Waals surface area contributed by atoms with E-state index in [4.69, 9.17) is 0 Å². The third kappa shape index (κ3) is 3.29. The van der Waals surface area contributed by atoms with Crippen molar-refractivity contribution in [1.29, 1.82) is 0 Å². The summed E-state index contributed by atoms with van der Waals surface area (Å²) in [6.45, 7) is 6.41. The van der Waals surface area contributed by atoms with E-state index in [-0.39, 0.29) is 5.41 Å². The number of nitrogens with one attached hydrogen (secondary N) is 1. The highest BCUT2D eigenvalue weighted by atomic mass is 79.9. The minimum atomic E-state index is -0.0251. The standard InChI is InChI=1S/C14H17BrN4/c1-14(2,3)11-6-12(16-4)19-13(18-11)9-5-10(15)8-17-7-9/h5-8H,1-4H3,(H,16,18,19). The highest BCUT2D eigenvalue weighted by Gasteiger charge is 2.18. The molecule has 0 saturated heterocycles. The first-order chi connectivity index (χ1) is 8.90. The molecular weight excluding hydrogens is 304 g/mol. The van der Waals surface area contributed by atoms with Crippen LogP contribution >= 0.6 is 15.9 Å². The second-order valence-electron chi connectivity index (χ2n) is 5.35. The molecule has 0 aliphatic carbocycles. The molecule has 2 aromatic rings. The Morgan fingerprint density at radius 2 is 1.84 bits per heavy atom. The van der Waals surface area contributed by atoms with Crippen LogP contribution in [-0.4, -0.2) is 22.0 Å². The van der Waals surface area contributed by atoms with Gasteiger partial charge in [0.15, 0.2) is 5.82 Å². The highest BCUT2D eigenvalue weighted by Crippen LogP contribution is 2.26. The maximum absolute atomic E-state index is 4.65. The highest BCUT2D eigenvalue weighted by molar-refractivity contribution is 9.10. The Labute approximate surface area is 121 Å². The van der Waals surface area contributed by atoms with Gasteiger partial charge in [-0.15, -0.1) is 0 Å². The largest absolute Gasteiger partial charge is 0.373 e. The van der Waals surface area contributed by atoms with Crippen LogP contribution in [-0.2, 0) is 5.41 Å². The monoisotopic (exact) mass is 320 g/mol. The zero-order chi connectivity index (χ0) is 14.0. The van der Waals surface area contributed by atoms with Gasteiger partial charge in [-0.05, 0) is 22.0 Å². The van der Waals surface area contributed by atoms with E-state index in [1.807, 2.05) is 19.2 Å². The smallest absolute Gasteiger partial charge is 0.163 e. The SMILES string of the molecule is CNc1cc(C(C)(C)C)nc(-c2cncc(Br)c2)n1. The van der Waals surface area contributed by atoms with Crippen molar-refractivity contribution in [2.75, 3.05) is 12.4 Å². The van der Waals surface area contributed by atoms with Crippen molar-refractivity contribution in [2.24, 2.45) is 0 Å². The van der Waals surface area contributed by atoms with E-state index in [1.54, 1.807) is 12.4 Å². The van der Waals surface area contributed by atoms with Gasteiger partial charge in [-0.1, -0.05) is 20.8 Å². The lowest BCUT2D eigenvalue weighted by molar-refractivity contribution is 0.568. The molecule has 0 atom stereocenters. The minimum Gasteiger partial charge on any atom is -0.373 e. The Kier molecular flexibility index (Phi) is 3.85. The average Bonchev–Trinajstić information content (AvgIpc) is 2.37. The van der Waals surface area contributed by atoms with E-state index < -0.39 is 0 Å². The number of rotatable bonds is 2. The molecule has 5 heteroatoms. The van der Waals surface area contributed by atoms with Crippen molar-refractivity contribution < 1.29 is 0 Å². The summed E-state index contributed by atoms with van der Waals surface area (Å²) in [5, 5.41) is 3.08. The van der Waals surface area contributed by atoms with Crippen molar-refractivity contribution in [3.05, 3.63) is 34.7 Å². The zero-order valence-electron chi connectivity index (χ0n) is 11.5. The van der Waals surface area contributed by atoms with Crippen molar-refractivity contribution in [1.82, 2.24) is 15.0 Å². The second-order valence-corrected chi connectivity index (χ2v) is 6.27. The first kappa shape index (κ1) is 13.9. The Morgan fingerprint density at radius 3 is 2.42 bits per heavy atom. The number of hydrogen-bond acceptors (Lipinski definition) is 4. The third-order valence-corrected chi connectivity index (χ3v) is 3.15. The molecule has 19 heavy (non-hydrogen) atoms. The lowest BCUT2D eigenvalue weighted by Gasteiger charge is -2.19. The molecule has 0 unspecified atom stereocenters. The molecule has 100 valence electrons. The summed E-state index contributed by atoms with van der Waals surface area (Å²) in [5.41, 5.74) is 1.88. The van der Waals surface area contributed by atoms with Crippen LogP contribution in [0.1, 0.15) is 26.5 Å². The quantitative estimate of drug-likeness (QED) is 0.917. The van der Waals surface area contributed by atoms with Gasteiger partial charge >= 0.3 is 0 Å². The van der Waals surface area contributed by atoms with Crippen molar-refractivity contribution in [3.8, 4) is 11.4 Å². The molecule has 4 nitrogen and oxygen atoms in total. The Balaban J connectivity index is 2.57. The molecule has 1 N–H and O–H groups in total. The fraction of sp³-hybridized carbons (Fsp3) is 0.357. The summed E-state index contributed by atoms with van der Waals surface area (Å²) in [7, 11) is 1.86. The molecule has 0 aliphatic rings. The lowest BCUT2D eigenvalue weighted by Crippen LogP contribution is -2.15. The van der Waals surface area contributed by atoms with Crippen LogP contribution in [0, 0.1) is 0 Å². The number of halogens is 1. The van der Waals surface area contributed by atoms with E-state index in [1.165, 1.54) is 0 Å². The van der Waals surface area contributed by atoms with E-state index in [2.05, 4.69) is 57.0 Å². The van der Waals surface area contributed by atoms with E-state index in [0.29, 0.717) is 5.82 Å². The van der Waals surface area contributed by atoms with Gasteiger partial charge in [0.1, 0.15) is 5.82 Å². The molecular formula is C14H17BrN4. The molecule has 0 radical (unpaired) electrons. The summed E-state index contributed by atoms with van der Waals surface area (Å²) < 4.78 is 0.917. The molecule has 0 spiro atoms. The van der Waals surface area contributed by atoms with Crippen molar-refractivity contribution in [2.45, 2.75) is 26.2 Å². The summed E-state index contributed by atoms with van der Waals surface area (Å²) in [5.74, 6) is 1.50. The molecule has 0 bridgehead atoms. The number of aromatic nitrogens is 3. The van der Waals surface area contributed by atoms with Crippen LogP contribution in [0.15, 0.2) is 29.0 Å². The van der Waals surface area contributed by atoms with Gasteiger partial charge in [0, 0.05) is 41.0 Å².